The van der Waals surface area contributed by atoms with Crippen molar-refractivity contribution in [3.05, 3.63) is 74.6 Å². The molecule has 0 atom stereocenters. The van der Waals surface area contributed by atoms with Gasteiger partial charge >= 0.3 is 0 Å². The number of anilines is 1. The highest BCUT2D eigenvalue weighted by atomic mass is 16.6. The molecule has 3 aromatic rings. The first-order chi connectivity index (χ1) is 12.5. The average molecular weight is 354 g/mol. The van der Waals surface area contributed by atoms with Crippen LogP contribution in [0.15, 0.2) is 48.5 Å². The summed E-state index contributed by atoms with van der Waals surface area (Å²) in [6.07, 6.45) is 0.452. The van der Waals surface area contributed by atoms with Gasteiger partial charge in [-0.3, -0.25) is 25.3 Å². The molecule has 3 rings (SSSR count). The van der Waals surface area contributed by atoms with Gasteiger partial charge in [0.05, 0.1) is 15.9 Å². The molecule has 0 aliphatic rings. The second-order valence-electron chi connectivity index (χ2n) is 5.36. The first-order valence-corrected chi connectivity index (χ1v) is 7.68. The summed E-state index contributed by atoms with van der Waals surface area (Å²) in [6, 6.07) is 12.9. The summed E-state index contributed by atoms with van der Waals surface area (Å²) in [5.74, 6) is 1.20. The molecular formula is C16H14N6O4. The molecule has 1 aromatic heterocycles. The molecule has 10 heteroatoms. The van der Waals surface area contributed by atoms with E-state index in [1.54, 1.807) is 0 Å². The Labute approximate surface area is 147 Å². The zero-order chi connectivity index (χ0) is 18.5. The predicted molar refractivity (Wildman–Crippen MR) is 93.8 cm³/mol. The summed E-state index contributed by atoms with van der Waals surface area (Å²) in [6.45, 7) is 0.349. The smallest absolute Gasteiger partial charge is 0.299 e. The van der Waals surface area contributed by atoms with Crippen LogP contribution in [-0.2, 0) is 6.42 Å². The third-order valence-corrected chi connectivity index (χ3v) is 3.63. The Hall–Kier alpha value is -3.82. The van der Waals surface area contributed by atoms with Gasteiger partial charge in [0.25, 0.3) is 11.4 Å². The van der Waals surface area contributed by atoms with Crippen LogP contribution in [0.5, 0.6) is 0 Å². The number of nitro groups is 2. The standard InChI is InChI=1S/C16H14N6O4/c23-21(24)12-6-7-13(14(10-12)22(25)26)17-9-8-15-18-16(20-19-15)11-4-2-1-3-5-11/h1-7,10,17H,8-9H2,(H,18,19,20). The lowest BCUT2D eigenvalue weighted by atomic mass is 10.2. The third kappa shape index (κ3) is 3.80. The summed E-state index contributed by atoms with van der Waals surface area (Å²) in [7, 11) is 0. The summed E-state index contributed by atoms with van der Waals surface area (Å²) >= 11 is 0. The zero-order valence-electron chi connectivity index (χ0n) is 13.5. The van der Waals surface area contributed by atoms with Gasteiger partial charge in [-0.2, -0.15) is 5.10 Å². The molecule has 132 valence electrons. The predicted octanol–water partition coefficient (Wildman–Crippen LogP) is 2.94. The van der Waals surface area contributed by atoms with E-state index in [0.717, 1.165) is 11.6 Å². The maximum absolute atomic E-state index is 11.1. The van der Waals surface area contributed by atoms with Gasteiger partial charge in [-0.15, -0.1) is 0 Å². The Balaban J connectivity index is 1.66. The van der Waals surface area contributed by atoms with Gasteiger partial charge in [0.15, 0.2) is 5.82 Å². The van der Waals surface area contributed by atoms with E-state index < -0.39 is 9.85 Å². The molecule has 1 heterocycles. The van der Waals surface area contributed by atoms with E-state index in [1.807, 2.05) is 30.3 Å². The van der Waals surface area contributed by atoms with Crippen molar-refractivity contribution in [3.63, 3.8) is 0 Å². The fraction of sp³-hybridized carbons (Fsp3) is 0.125. The molecule has 0 saturated heterocycles. The number of nitrogens with one attached hydrogen (secondary N) is 2. The highest BCUT2D eigenvalue weighted by Crippen LogP contribution is 2.28. The van der Waals surface area contributed by atoms with E-state index in [1.165, 1.54) is 12.1 Å². The van der Waals surface area contributed by atoms with E-state index >= 15 is 0 Å². The maximum Gasteiger partial charge on any atom is 0.299 e. The van der Waals surface area contributed by atoms with Crippen LogP contribution in [0.2, 0.25) is 0 Å². The van der Waals surface area contributed by atoms with Gasteiger partial charge in [0.2, 0.25) is 0 Å². The highest BCUT2D eigenvalue weighted by Gasteiger charge is 2.19. The van der Waals surface area contributed by atoms with Crippen LogP contribution in [0, 0.1) is 20.2 Å². The molecule has 0 amide bonds. The van der Waals surface area contributed by atoms with Gasteiger partial charge in [0, 0.05) is 24.6 Å². The second-order valence-corrected chi connectivity index (χ2v) is 5.36. The molecule has 0 radical (unpaired) electrons. The van der Waals surface area contributed by atoms with Crippen molar-refractivity contribution in [1.29, 1.82) is 0 Å². The Morgan fingerprint density at radius 3 is 2.50 bits per heavy atom. The molecule has 0 saturated carbocycles. The SMILES string of the molecule is O=[N+]([O-])c1ccc(NCCc2nc(-c3ccccc3)n[nH]2)c([N+](=O)[O-])c1. The van der Waals surface area contributed by atoms with Gasteiger partial charge in [-0.1, -0.05) is 30.3 Å². The minimum Gasteiger partial charge on any atom is -0.379 e. The molecule has 0 bridgehead atoms. The average Bonchev–Trinajstić information content (AvgIpc) is 3.11. The zero-order valence-corrected chi connectivity index (χ0v) is 13.5. The number of rotatable bonds is 7. The second kappa shape index (κ2) is 7.38. The van der Waals surface area contributed by atoms with Crippen LogP contribution in [0.25, 0.3) is 11.4 Å². The van der Waals surface area contributed by atoms with E-state index in [2.05, 4.69) is 20.5 Å². The van der Waals surface area contributed by atoms with Crippen molar-refractivity contribution < 1.29 is 9.85 Å². The third-order valence-electron chi connectivity index (χ3n) is 3.63. The quantitative estimate of drug-likeness (QED) is 0.491. The van der Waals surface area contributed by atoms with Crippen molar-refractivity contribution in [3.8, 4) is 11.4 Å². The summed E-state index contributed by atoms with van der Waals surface area (Å²) in [4.78, 5) is 24.9. The molecule has 0 fully saturated rings. The van der Waals surface area contributed by atoms with Gasteiger partial charge in [-0.05, 0) is 6.07 Å². The Morgan fingerprint density at radius 1 is 1.04 bits per heavy atom. The Kier molecular flexibility index (Phi) is 4.83. The van der Waals surface area contributed by atoms with E-state index in [4.69, 9.17) is 0 Å². The van der Waals surface area contributed by atoms with Crippen molar-refractivity contribution in [2.24, 2.45) is 0 Å². The molecule has 26 heavy (non-hydrogen) atoms. The van der Waals surface area contributed by atoms with Gasteiger partial charge in [0.1, 0.15) is 11.5 Å². The van der Waals surface area contributed by atoms with E-state index in [9.17, 15) is 20.2 Å². The van der Waals surface area contributed by atoms with Crippen molar-refractivity contribution in [2.75, 3.05) is 11.9 Å². The summed E-state index contributed by atoms with van der Waals surface area (Å²) in [5, 5.41) is 31.7. The molecule has 0 aliphatic heterocycles. The molecule has 10 nitrogen and oxygen atoms in total. The lowest BCUT2D eigenvalue weighted by Gasteiger charge is -2.05. The number of non-ortho nitro benzene ring substituents is 1. The first-order valence-electron chi connectivity index (χ1n) is 7.68. The number of H-pyrrole nitrogens is 1. The number of hydrogen-bond donors (Lipinski definition) is 2. The normalized spacial score (nSPS) is 10.5. The van der Waals surface area contributed by atoms with E-state index in [-0.39, 0.29) is 17.1 Å². The number of aromatic amines is 1. The summed E-state index contributed by atoms with van der Waals surface area (Å²) < 4.78 is 0. The molecular weight excluding hydrogens is 340 g/mol. The van der Waals surface area contributed by atoms with Crippen LogP contribution >= 0.6 is 0 Å². The van der Waals surface area contributed by atoms with Crippen molar-refractivity contribution >= 4 is 17.1 Å². The molecule has 2 N–H and O–H groups in total. The monoisotopic (exact) mass is 354 g/mol. The molecule has 0 unspecified atom stereocenters. The number of nitrogens with zero attached hydrogens (tertiary/aromatic N) is 4. The minimum atomic E-state index is -0.670. The fourth-order valence-corrected chi connectivity index (χ4v) is 2.37. The van der Waals surface area contributed by atoms with Crippen LogP contribution in [0.4, 0.5) is 17.1 Å². The fourth-order valence-electron chi connectivity index (χ4n) is 2.37. The highest BCUT2D eigenvalue weighted by molar-refractivity contribution is 5.65. The van der Waals surface area contributed by atoms with E-state index in [0.29, 0.717) is 24.6 Å². The number of nitro benzene ring substituents is 2. The number of benzene rings is 2. The van der Waals surface area contributed by atoms with Crippen LogP contribution < -0.4 is 5.32 Å². The first kappa shape index (κ1) is 17.0. The maximum atomic E-state index is 11.1. The molecule has 2 aromatic carbocycles. The van der Waals surface area contributed by atoms with Gasteiger partial charge in [-0.25, -0.2) is 4.98 Å². The summed E-state index contributed by atoms with van der Waals surface area (Å²) in [5.41, 5.74) is 0.420. The van der Waals surface area contributed by atoms with Crippen molar-refractivity contribution in [2.45, 2.75) is 6.42 Å². The molecule has 0 aliphatic carbocycles. The van der Waals surface area contributed by atoms with Crippen LogP contribution in [0.3, 0.4) is 0 Å². The topological polar surface area (TPSA) is 140 Å². The minimum absolute atomic E-state index is 0.211. The van der Waals surface area contributed by atoms with Gasteiger partial charge < -0.3 is 5.32 Å². The Morgan fingerprint density at radius 2 is 1.81 bits per heavy atom. The number of hydrogen-bond acceptors (Lipinski definition) is 7. The lowest BCUT2D eigenvalue weighted by molar-refractivity contribution is -0.393. The molecule has 0 spiro atoms. The lowest BCUT2D eigenvalue weighted by Crippen LogP contribution is -2.08. The largest absolute Gasteiger partial charge is 0.379 e. The Bertz CT molecular complexity index is 941. The van der Waals surface area contributed by atoms with Crippen molar-refractivity contribution in [1.82, 2.24) is 15.2 Å². The van der Waals surface area contributed by atoms with Crippen LogP contribution in [-0.4, -0.2) is 31.6 Å². The number of aromatic nitrogens is 3. The van der Waals surface area contributed by atoms with Crippen LogP contribution in [0.1, 0.15) is 5.82 Å².